The number of rotatable bonds is 8. The Bertz CT molecular complexity index is 1510. The largest absolute Gasteiger partial charge is 0.475 e. The molecule has 0 saturated heterocycles. The van der Waals surface area contributed by atoms with Crippen LogP contribution in [-0.2, 0) is 12.7 Å². The summed E-state index contributed by atoms with van der Waals surface area (Å²) in [4.78, 5) is 29.6. The summed E-state index contributed by atoms with van der Waals surface area (Å²) in [7, 11) is 0. The smallest absolute Gasteiger partial charge is 0.416 e. The maximum Gasteiger partial charge on any atom is 0.416 e. The molecule has 0 aliphatic heterocycles. The molecule has 8 nitrogen and oxygen atoms in total. The first-order chi connectivity index (χ1) is 18.5. The van der Waals surface area contributed by atoms with E-state index in [4.69, 9.17) is 4.98 Å². The first-order valence-electron chi connectivity index (χ1n) is 12.9. The number of carbonyl (C=O) groups is 1. The summed E-state index contributed by atoms with van der Waals surface area (Å²) in [6.07, 6.45) is 0.511. The minimum atomic E-state index is -4.44. The number of halogens is 3. The third-order valence-electron chi connectivity index (χ3n) is 7.32. The number of nitrogens with zero attached hydrogens (tertiary/aromatic N) is 5. The van der Waals surface area contributed by atoms with Gasteiger partial charge in [-0.15, -0.1) is 0 Å². The van der Waals surface area contributed by atoms with Crippen molar-refractivity contribution in [3.8, 4) is 11.5 Å². The maximum absolute atomic E-state index is 13.2. The zero-order valence-corrected chi connectivity index (χ0v) is 21.8. The molecule has 0 radical (unpaired) electrons. The number of alkyl halides is 3. The summed E-state index contributed by atoms with van der Waals surface area (Å²) in [5.41, 5.74) is 2.08. The summed E-state index contributed by atoms with van der Waals surface area (Å²) in [6, 6.07) is 8.78. The average molecular weight is 539 g/mol. The Labute approximate surface area is 223 Å². The van der Waals surface area contributed by atoms with Gasteiger partial charge in [0.25, 0.3) is 0 Å². The Morgan fingerprint density at radius 1 is 1.10 bits per heavy atom. The van der Waals surface area contributed by atoms with Gasteiger partial charge >= 0.3 is 12.1 Å². The Kier molecular flexibility index (Phi) is 7.00. The summed E-state index contributed by atoms with van der Waals surface area (Å²) in [5, 5.41) is 13.1. The van der Waals surface area contributed by atoms with Gasteiger partial charge in [0.15, 0.2) is 17.3 Å². The van der Waals surface area contributed by atoms with E-state index in [1.807, 2.05) is 19.1 Å². The van der Waals surface area contributed by atoms with Crippen LogP contribution in [0.25, 0.3) is 22.7 Å². The third kappa shape index (κ3) is 5.43. The molecule has 39 heavy (non-hydrogen) atoms. The van der Waals surface area contributed by atoms with Gasteiger partial charge in [-0.3, -0.25) is 4.98 Å². The van der Waals surface area contributed by atoms with Crippen LogP contribution < -0.4 is 5.32 Å². The minimum absolute atomic E-state index is 0.0266. The Balaban J connectivity index is 1.69. The second kappa shape index (κ2) is 10.3. The molecule has 0 bridgehead atoms. The lowest BCUT2D eigenvalue weighted by atomic mass is 9.80. The molecule has 1 saturated carbocycles. The van der Waals surface area contributed by atoms with Crippen molar-refractivity contribution in [3.63, 3.8) is 0 Å². The molecule has 1 aromatic carbocycles. The SMILES string of the molecule is CC(C)c1ccnc(-c2nc3nc(C(=O)O)nc(N[C@H](C)C4CCC4)c3n2Cc2ccc(C(F)(F)F)cc2)c1. The molecule has 3 aromatic heterocycles. The third-order valence-corrected chi connectivity index (χ3v) is 7.32. The molecule has 1 fully saturated rings. The molecular formula is C28H29F3N6O2. The number of benzene rings is 1. The topological polar surface area (TPSA) is 106 Å². The Hall–Kier alpha value is -4.02. The maximum atomic E-state index is 13.2. The van der Waals surface area contributed by atoms with Crippen LogP contribution >= 0.6 is 0 Å². The normalized spacial score (nSPS) is 14.9. The van der Waals surface area contributed by atoms with E-state index in [1.54, 1.807) is 10.8 Å². The fraction of sp³-hybridized carbons (Fsp3) is 0.393. The average Bonchev–Trinajstić information content (AvgIpc) is 3.21. The van der Waals surface area contributed by atoms with E-state index in [-0.39, 0.29) is 30.0 Å². The van der Waals surface area contributed by atoms with Crippen LogP contribution in [0.4, 0.5) is 19.0 Å². The van der Waals surface area contributed by atoms with Crippen LogP contribution in [0.1, 0.15) is 73.3 Å². The highest BCUT2D eigenvalue weighted by atomic mass is 19.4. The highest BCUT2D eigenvalue weighted by Gasteiger charge is 2.30. The predicted molar refractivity (Wildman–Crippen MR) is 141 cm³/mol. The van der Waals surface area contributed by atoms with E-state index in [0.29, 0.717) is 34.3 Å². The first-order valence-corrected chi connectivity index (χ1v) is 12.9. The molecule has 0 unspecified atom stereocenters. The van der Waals surface area contributed by atoms with Crippen molar-refractivity contribution >= 4 is 23.0 Å². The minimum Gasteiger partial charge on any atom is -0.475 e. The Morgan fingerprint density at radius 2 is 1.82 bits per heavy atom. The molecule has 2 N–H and O–H groups in total. The van der Waals surface area contributed by atoms with E-state index in [9.17, 15) is 23.1 Å². The molecule has 0 spiro atoms. The van der Waals surface area contributed by atoms with Crippen molar-refractivity contribution in [3.05, 3.63) is 65.1 Å². The van der Waals surface area contributed by atoms with Gasteiger partial charge in [-0.1, -0.05) is 32.4 Å². The number of carboxylic acids is 1. The highest BCUT2D eigenvalue weighted by molar-refractivity contribution is 5.92. The fourth-order valence-corrected chi connectivity index (χ4v) is 4.77. The molecule has 1 atom stereocenters. The van der Waals surface area contributed by atoms with Gasteiger partial charge in [0.1, 0.15) is 11.2 Å². The molecule has 1 aliphatic carbocycles. The number of aromatic carboxylic acids is 1. The second-order valence-corrected chi connectivity index (χ2v) is 10.3. The molecule has 1 aliphatic rings. The van der Waals surface area contributed by atoms with Crippen LogP contribution in [0.3, 0.4) is 0 Å². The van der Waals surface area contributed by atoms with Crippen molar-refractivity contribution in [2.24, 2.45) is 5.92 Å². The molecule has 0 amide bonds. The molecule has 5 rings (SSSR count). The van der Waals surface area contributed by atoms with Crippen LogP contribution in [0.15, 0.2) is 42.6 Å². The van der Waals surface area contributed by atoms with Gasteiger partial charge in [0.05, 0.1) is 5.56 Å². The van der Waals surface area contributed by atoms with Gasteiger partial charge < -0.3 is 15.0 Å². The molecule has 3 heterocycles. The van der Waals surface area contributed by atoms with Gasteiger partial charge in [0.2, 0.25) is 5.82 Å². The Morgan fingerprint density at radius 3 is 2.41 bits per heavy atom. The van der Waals surface area contributed by atoms with Crippen LogP contribution in [-0.4, -0.2) is 41.6 Å². The van der Waals surface area contributed by atoms with Crippen molar-refractivity contribution in [2.45, 2.75) is 64.7 Å². The lowest BCUT2D eigenvalue weighted by Crippen LogP contribution is -2.31. The standard InChI is InChI=1S/C28H29F3N6O2/c1-15(2)19-11-12-32-21(13-19)26-36-24-22(37(26)14-17-7-9-20(10-8-17)28(29,30)31)23(34-25(35-24)27(38)39)33-16(3)18-5-4-6-18/h7-13,15-16,18H,4-6,14H2,1-3H3,(H,38,39)(H,33,34,35)/t16-/m1/s1. The number of hydrogen-bond acceptors (Lipinski definition) is 6. The summed E-state index contributed by atoms with van der Waals surface area (Å²) in [5.74, 6) is -0.279. The summed E-state index contributed by atoms with van der Waals surface area (Å²) in [6.45, 7) is 6.29. The number of nitrogens with one attached hydrogen (secondary N) is 1. The van der Waals surface area contributed by atoms with Crippen LogP contribution in [0.2, 0.25) is 0 Å². The van der Waals surface area contributed by atoms with E-state index in [0.717, 1.165) is 37.0 Å². The lowest BCUT2D eigenvalue weighted by Gasteiger charge is -2.32. The summed E-state index contributed by atoms with van der Waals surface area (Å²) < 4.78 is 41.3. The van der Waals surface area contributed by atoms with Crippen LogP contribution in [0.5, 0.6) is 0 Å². The van der Waals surface area contributed by atoms with Crippen molar-refractivity contribution in [1.29, 1.82) is 0 Å². The van der Waals surface area contributed by atoms with E-state index in [1.165, 1.54) is 12.1 Å². The van der Waals surface area contributed by atoms with Crippen molar-refractivity contribution in [2.75, 3.05) is 5.32 Å². The van der Waals surface area contributed by atoms with Gasteiger partial charge in [-0.05, 0) is 67.0 Å². The number of carboxylic acid groups (broad SMARTS) is 1. The number of hydrogen-bond donors (Lipinski definition) is 2. The fourth-order valence-electron chi connectivity index (χ4n) is 4.77. The summed E-state index contributed by atoms with van der Waals surface area (Å²) >= 11 is 0. The number of aromatic nitrogens is 5. The van der Waals surface area contributed by atoms with E-state index >= 15 is 0 Å². The number of pyridine rings is 1. The van der Waals surface area contributed by atoms with Crippen LogP contribution in [0, 0.1) is 5.92 Å². The predicted octanol–water partition coefficient (Wildman–Crippen LogP) is 6.38. The monoisotopic (exact) mass is 538 g/mol. The lowest BCUT2D eigenvalue weighted by molar-refractivity contribution is -0.137. The molecule has 4 aromatic rings. The molecular weight excluding hydrogens is 509 g/mol. The zero-order chi connectivity index (χ0) is 27.9. The number of fused-ring (bicyclic) bond motifs is 1. The van der Waals surface area contributed by atoms with Crippen molar-refractivity contribution in [1.82, 2.24) is 24.5 Å². The van der Waals surface area contributed by atoms with E-state index in [2.05, 4.69) is 34.1 Å². The number of anilines is 1. The first kappa shape index (κ1) is 26.6. The zero-order valence-electron chi connectivity index (χ0n) is 21.8. The van der Waals surface area contributed by atoms with Gasteiger partial charge in [0, 0.05) is 18.8 Å². The van der Waals surface area contributed by atoms with Gasteiger partial charge in [-0.25, -0.2) is 19.7 Å². The second-order valence-electron chi connectivity index (χ2n) is 10.3. The molecule has 11 heteroatoms. The van der Waals surface area contributed by atoms with Gasteiger partial charge in [-0.2, -0.15) is 13.2 Å². The van der Waals surface area contributed by atoms with E-state index < -0.39 is 17.7 Å². The highest BCUT2D eigenvalue weighted by Crippen LogP contribution is 2.34. The van der Waals surface area contributed by atoms with Crippen molar-refractivity contribution < 1.29 is 23.1 Å². The number of imidazole rings is 1. The molecule has 204 valence electrons. The quantitative estimate of drug-likeness (QED) is 0.268.